The zero-order valence-corrected chi connectivity index (χ0v) is 11.5. The van der Waals surface area contributed by atoms with Gasteiger partial charge < -0.3 is 11.5 Å². The first-order valence-corrected chi connectivity index (χ1v) is 6.78. The molecule has 8 heteroatoms. The fraction of sp³-hybridized carbons (Fsp3) is 0.222. The molecule has 1 aromatic rings. The highest BCUT2D eigenvalue weighted by Gasteiger charge is 2.22. The van der Waals surface area contributed by atoms with Gasteiger partial charge in [0.25, 0.3) is 0 Å². The van der Waals surface area contributed by atoms with E-state index in [0.717, 1.165) is 4.31 Å². The third-order valence-electron chi connectivity index (χ3n) is 2.05. The Labute approximate surface area is 108 Å². The van der Waals surface area contributed by atoms with Crippen LogP contribution in [0.25, 0.3) is 0 Å². The van der Waals surface area contributed by atoms with Crippen molar-refractivity contribution in [2.75, 3.05) is 19.3 Å². The molecule has 1 aromatic carbocycles. The van der Waals surface area contributed by atoms with E-state index in [9.17, 15) is 13.2 Å². The zero-order chi connectivity index (χ0) is 13.2. The molecule has 6 nitrogen and oxygen atoms in total. The first-order valence-electron chi connectivity index (χ1n) is 4.55. The molecule has 0 bridgehead atoms. The molecule has 1 amide bonds. The minimum absolute atomic E-state index is 0.0157. The molecule has 4 N–H and O–H groups in total. The average Bonchev–Trinajstić information content (AvgIpc) is 2.20. The predicted octanol–water partition coefficient (Wildman–Crippen LogP) is 0.137. The van der Waals surface area contributed by atoms with E-state index in [0.29, 0.717) is 10.2 Å². The number of amides is 1. The van der Waals surface area contributed by atoms with Crippen molar-refractivity contribution in [2.45, 2.75) is 4.90 Å². The van der Waals surface area contributed by atoms with Crippen LogP contribution in [0.4, 0.5) is 5.69 Å². The molecule has 0 radical (unpaired) electrons. The van der Waals surface area contributed by atoms with Gasteiger partial charge in [0.05, 0.1) is 11.4 Å². The van der Waals surface area contributed by atoms with Crippen molar-refractivity contribution in [3.8, 4) is 0 Å². The summed E-state index contributed by atoms with van der Waals surface area (Å²) in [4.78, 5) is 10.7. The number of carbonyl (C=O) groups is 1. The van der Waals surface area contributed by atoms with E-state index >= 15 is 0 Å². The molecule has 0 saturated carbocycles. The molecule has 94 valence electrons. The highest BCUT2D eigenvalue weighted by Crippen LogP contribution is 2.24. The third kappa shape index (κ3) is 3.18. The standard InChI is InChI=1S/C9H12BrN3O3S/c1-13(5-9(12)14)17(15,16)6-2-3-7(10)8(11)4-6/h2-4H,5,11H2,1H3,(H2,12,14). The Hall–Kier alpha value is -1.12. The van der Waals surface area contributed by atoms with Crippen LogP contribution in [0.5, 0.6) is 0 Å². The molecule has 1 rings (SSSR count). The lowest BCUT2D eigenvalue weighted by atomic mass is 10.3. The van der Waals surface area contributed by atoms with Gasteiger partial charge in [-0.25, -0.2) is 8.42 Å². The number of hydrogen-bond acceptors (Lipinski definition) is 4. The van der Waals surface area contributed by atoms with Crippen molar-refractivity contribution >= 4 is 37.5 Å². The zero-order valence-electron chi connectivity index (χ0n) is 9.05. The van der Waals surface area contributed by atoms with Gasteiger partial charge in [-0.3, -0.25) is 4.79 Å². The van der Waals surface area contributed by atoms with Gasteiger partial charge in [0, 0.05) is 17.2 Å². The maximum Gasteiger partial charge on any atom is 0.243 e. The molecule has 17 heavy (non-hydrogen) atoms. The molecule has 0 fully saturated rings. The van der Waals surface area contributed by atoms with Crippen molar-refractivity contribution in [3.63, 3.8) is 0 Å². The fourth-order valence-corrected chi connectivity index (χ4v) is 2.59. The average molecular weight is 322 g/mol. The smallest absolute Gasteiger partial charge is 0.243 e. The molecule has 0 saturated heterocycles. The first-order chi connectivity index (χ1) is 7.75. The van der Waals surface area contributed by atoms with E-state index in [4.69, 9.17) is 11.5 Å². The Balaban J connectivity index is 3.13. The largest absolute Gasteiger partial charge is 0.398 e. The van der Waals surface area contributed by atoms with Gasteiger partial charge in [0.15, 0.2) is 0 Å². The number of nitrogens with zero attached hydrogens (tertiary/aromatic N) is 1. The predicted molar refractivity (Wildman–Crippen MR) is 67.6 cm³/mol. The van der Waals surface area contributed by atoms with Crippen molar-refractivity contribution < 1.29 is 13.2 Å². The highest BCUT2D eigenvalue weighted by molar-refractivity contribution is 9.10. The number of likely N-dealkylation sites (N-methyl/N-ethyl adjacent to an activating group) is 1. The number of carbonyl (C=O) groups excluding carboxylic acids is 1. The van der Waals surface area contributed by atoms with Gasteiger partial charge in [-0.2, -0.15) is 4.31 Å². The van der Waals surface area contributed by atoms with Gasteiger partial charge in [-0.1, -0.05) is 0 Å². The molecule has 0 aliphatic heterocycles. The molecule has 0 aliphatic rings. The second-order valence-corrected chi connectivity index (χ2v) is 6.31. The Morgan fingerprint density at radius 3 is 2.53 bits per heavy atom. The Morgan fingerprint density at radius 1 is 1.47 bits per heavy atom. The molecule has 0 aliphatic carbocycles. The van der Waals surface area contributed by atoms with Crippen LogP contribution in [0.2, 0.25) is 0 Å². The number of benzene rings is 1. The molecule has 0 unspecified atom stereocenters. The topological polar surface area (TPSA) is 106 Å². The van der Waals surface area contributed by atoms with E-state index in [1.54, 1.807) is 0 Å². The van der Waals surface area contributed by atoms with Gasteiger partial charge in [0.1, 0.15) is 0 Å². The molecule has 0 atom stereocenters. The lowest BCUT2D eigenvalue weighted by molar-refractivity contribution is -0.118. The van der Waals surface area contributed by atoms with Crippen LogP contribution in [0, 0.1) is 0 Å². The van der Waals surface area contributed by atoms with E-state index in [2.05, 4.69) is 15.9 Å². The summed E-state index contributed by atoms with van der Waals surface area (Å²) in [6, 6.07) is 4.24. The SMILES string of the molecule is CN(CC(N)=O)S(=O)(=O)c1ccc(Br)c(N)c1. The number of primary amides is 1. The van der Waals surface area contributed by atoms with Crippen molar-refractivity contribution in [3.05, 3.63) is 22.7 Å². The summed E-state index contributed by atoms with van der Waals surface area (Å²) in [5.74, 6) is -0.721. The van der Waals surface area contributed by atoms with Gasteiger partial charge in [-0.05, 0) is 34.1 Å². The second-order valence-electron chi connectivity index (χ2n) is 3.41. The summed E-state index contributed by atoms with van der Waals surface area (Å²) in [6.07, 6.45) is 0. The number of nitrogens with two attached hydrogens (primary N) is 2. The summed E-state index contributed by atoms with van der Waals surface area (Å²) in [5, 5.41) is 0. The number of nitrogen functional groups attached to an aromatic ring is 1. The number of halogens is 1. The van der Waals surface area contributed by atoms with E-state index in [1.165, 1.54) is 25.2 Å². The highest BCUT2D eigenvalue weighted by atomic mass is 79.9. The van der Waals surface area contributed by atoms with Crippen LogP contribution in [-0.2, 0) is 14.8 Å². The number of hydrogen-bond donors (Lipinski definition) is 2. The maximum absolute atomic E-state index is 12.0. The molecule has 0 heterocycles. The summed E-state index contributed by atoms with van der Waals surface area (Å²) in [5.41, 5.74) is 10.8. The maximum atomic E-state index is 12.0. The molecule has 0 aromatic heterocycles. The quantitative estimate of drug-likeness (QED) is 0.769. The number of rotatable bonds is 4. The van der Waals surface area contributed by atoms with Crippen LogP contribution in [0.1, 0.15) is 0 Å². The molecule has 0 spiro atoms. The lowest BCUT2D eigenvalue weighted by Crippen LogP contribution is -2.35. The number of anilines is 1. The summed E-state index contributed by atoms with van der Waals surface area (Å²) in [7, 11) is -2.47. The molecular weight excluding hydrogens is 310 g/mol. The minimum atomic E-state index is -3.74. The van der Waals surface area contributed by atoms with E-state index in [-0.39, 0.29) is 11.4 Å². The van der Waals surface area contributed by atoms with Crippen molar-refractivity contribution in [1.82, 2.24) is 4.31 Å². The normalized spacial score (nSPS) is 11.7. The van der Waals surface area contributed by atoms with Crippen LogP contribution < -0.4 is 11.5 Å². The third-order valence-corrected chi connectivity index (χ3v) is 4.58. The van der Waals surface area contributed by atoms with Gasteiger partial charge >= 0.3 is 0 Å². The van der Waals surface area contributed by atoms with Crippen molar-refractivity contribution in [1.29, 1.82) is 0 Å². The first kappa shape index (κ1) is 13.9. The van der Waals surface area contributed by atoms with Gasteiger partial charge in [-0.15, -0.1) is 0 Å². The van der Waals surface area contributed by atoms with Gasteiger partial charge in [0.2, 0.25) is 15.9 Å². The van der Waals surface area contributed by atoms with Crippen LogP contribution in [-0.4, -0.2) is 32.2 Å². The Morgan fingerprint density at radius 2 is 2.06 bits per heavy atom. The van der Waals surface area contributed by atoms with Crippen LogP contribution in [0.3, 0.4) is 0 Å². The summed E-state index contributed by atoms with van der Waals surface area (Å²) < 4.78 is 25.4. The van der Waals surface area contributed by atoms with Crippen molar-refractivity contribution in [2.24, 2.45) is 5.73 Å². The second kappa shape index (κ2) is 5.03. The molecular formula is C9H12BrN3O3S. The van der Waals surface area contributed by atoms with Crippen LogP contribution in [0.15, 0.2) is 27.6 Å². The Bertz CT molecular complexity index is 544. The van der Waals surface area contributed by atoms with Crippen LogP contribution >= 0.6 is 15.9 Å². The van der Waals surface area contributed by atoms with E-state index < -0.39 is 15.9 Å². The number of sulfonamides is 1. The lowest BCUT2D eigenvalue weighted by Gasteiger charge is -2.15. The summed E-state index contributed by atoms with van der Waals surface area (Å²) in [6.45, 7) is -0.377. The Kier molecular flexibility index (Phi) is 4.12. The minimum Gasteiger partial charge on any atom is -0.398 e. The monoisotopic (exact) mass is 321 g/mol. The summed E-state index contributed by atoms with van der Waals surface area (Å²) >= 11 is 3.17. The fourth-order valence-electron chi connectivity index (χ4n) is 1.17. The van der Waals surface area contributed by atoms with E-state index in [1.807, 2.05) is 0 Å².